The number of benzene rings is 2. The van der Waals surface area contributed by atoms with Crippen molar-refractivity contribution in [1.82, 2.24) is 14.9 Å². The zero-order valence-corrected chi connectivity index (χ0v) is 24.0. The van der Waals surface area contributed by atoms with Crippen LogP contribution >= 0.6 is 11.6 Å². The Morgan fingerprint density at radius 2 is 1.83 bits per heavy atom. The van der Waals surface area contributed by atoms with E-state index in [1.54, 1.807) is 17.3 Å². The monoisotopic (exact) mass is 566 g/mol. The minimum absolute atomic E-state index is 0.532. The summed E-state index contributed by atoms with van der Waals surface area (Å²) in [5.41, 5.74) is 7.48. The van der Waals surface area contributed by atoms with Crippen molar-refractivity contribution in [2.45, 2.75) is 38.5 Å². The molecular weight excluding hydrogens is 532 g/mol. The van der Waals surface area contributed by atoms with Gasteiger partial charge in [0.25, 0.3) is 0 Å². The number of pyridine rings is 1. The van der Waals surface area contributed by atoms with Crippen LogP contribution in [0.3, 0.4) is 0 Å². The van der Waals surface area contributed by atoms with E-state index in [2.05, 4.69) is 31.9 Å². The van der Waals surface area contributed by atoms with Crippen LogP contribution in [-0.2, 0) is 0 Å². The normalized spacial score (nSPS) is 19.0. The molecule has 1 N–H and O–H groups in total. The Kier molecular flexibility index (Phi) is 7.05. The standard InChI is InChI=1S/C34H35ClN4O2/c35-28-5-2-24(3-6-28)31-20-34(10-1-11-34)12-8-26(31)22-38-14-16-39(17-15-38)29-7-4-27(23-40)32(19-29)41-30-18-25-9-13-36-33(25)37-21-30/h2-7,9,13,18-19,21,23H,1,8,10-12,14-17,20,22H2,(H,36,37). The van der Waals surface area contributed by atoms with Crippen LogP contribution in [0.15, 0.2) is 72.6 Å². The number of rotatable bonds is 7. The van der Waals surface area contributed by atoms with Gasteiger partial charge in [-0.25, -0.2) is 4.98 Å². The molecule has 4 aromatic rings. The Morgan fingerprint density at radius 1 is 1.00 bits per heavy atom. The molecule has 41 heavy (non-hydrogen) atoms. The van der Waals surface area contributed by atoms with E-state index in [4.69, 9.17) is 16.3 Å². The number of nitrogens with zero attached hydrogens (tertiary/aromatic N) is 3. The summed E-state index contributed by atoms with van der Waals surface area (Å²) in [6, 6.07) is 18.2. The molecule has 7 rings (SSSR count). The molecule has 2 aliphatic carbocycles. The van der Waals surface area contributed by atoms with E-state index >= 15 is 0 Å². The van der Waals surface area contributed by atoms with Crippen molar-refractivity contribution in [1.29, 1.82) is 0 Å². The van der Waals surface area contributed by atoms with Crippen molar-refractivity contribution in [2.24, 2.45) is 5.41 Å². The van der Waals surface area contributed by atoms with E-state index in [0.29, 0.717) is 22.5 Å². The van der Waals surface area contributed by atoms with Gasteiger partial charge in [-0.05, 0) is 85.1 Å². The maximum absolute atomic E-state index is 11.8. The minimum atomic E-state index is 0.532. The first-order chi connectivity index (χ1) is 20.1. The number of H-pyrrole nitrogens is 1. The lowest BCUT2D eigenvalue weighted by Gasteiger charge is -2.47. The molecule has 7 heteroatoms. The second-order valence-electron chi connectivity index (χ2n) is 11.9. The largest absolute Gasteiger partial charge is 0.455 e. The highest BCUT2D eigenvalue weighted by Crippen LogP contribution is 2.55. The number of aromatic nitrogens is 2. The highest BCUT2D eigenvalue weighted by Gasteiger charge is 2.40. The number of carbonyl (C=O) groups excluding carboxylic acids is 1. The van der Waals surface area contributed by atoms with Gasteiger partial charge in [0.05, 0.1) is 11.8 Å². The number of hydrogen-bond donors (Lipinski definition) is 1. The van der Waals surface area contributed by atoms with Crippen LogP contribution in [0.1, 0.15) is 54.4 Å². The van der Waals surface area contributed by atoms with Gasteiger partial charge in [-0.1, -0.05) is 35.7 Å². The second kappa shape index (κ2) is 11.0. The van der Waals surface area contributed by atoms with Crippen LogP contribution in [0, 0.1) is 5.41 Å². The topological polar surface area (TPSA) is 61.5 Å². The predicted octanol–water partition coefficient (Wildman–Crippen LogP) is 7.75. The SMILES string of the molecule is O=Cc1ccc(N2CCN(CC3=C(c4ccc(Cl)cc4)CC4(CCC4)CC3)CC2)cc1Oc1cnc2[nH]ccc2c1. The number of carbonyl (C=O) groups is 1. The fraction of sp³-hybridized carbons (Fsp3) is 0.353. The van der Waals surface area contributed by atoms with Crippen LogP contribution < -0.4 is 9.64 Å². The number of halogens is 1. The molecule has 0 bridgehead atoms. The Hall–Kier alpha value is -3.61. The van der Waals surface area contributed by atoms with E-state index in [1.165, 1.54) is 44.1 Å². The summed E-state index contributed by atoms with van der Waals surface area (Å²) in [5.74, 6) is 1.17. The average Bonchev–Trinajstić information content (AvgIpc) is 3.46. The molecule has 1 spiro atoms. The predicted molar refractivity (Wildman–Crippen MR) is 165 cm³/mol. The van der Waals surface area contributed by atoms with Gasteiger partial charge in [0.1, 0.15) is 17.1 Å². The molecule has 1 aliphatic heterocycles. The van der Waals surface area contributed by atoms with Crippen LogP contribution in [0.4, 0.5) is 5.69 Å². The van der Waals surface area contributed by atoms with Crippen molar-refractivity contribution in [3.8, 4) is 11.5 Å². The summed E-state index contributed by atoms with van der Waals surface area (Å²) in [7, 11) is 0. The van der Waals surface area contributed by atoms with Crippen molar-refractivity contribution in [3.05, 3.63) is 88.7 Å². The fourth-order valence-electron chi connectivity index (χ4n) is 6.83. The summed E-state index contributed by atoms with van der Waals surface area (Å²) >= 11 is 6.23. The Labute approximate surface area is 246 Å². The Bertz CT molecular complexity index is 1600. The van der Waals surface area contributed by atoms with E-state index in [0.717, 1.165) is 60.8 Å². The molecule has 0 radical (unpaired) electrons. The number of piperazine rings is 1. The first-order valence-electron chi connectivity index (χ1n) is 14.7. The third-order valence-corrected chi connectivity index (χ3v) is 9.67. The third-order valence-electron chi connectivity index (χ3n) is 9.42. The number of aldehydes is 1. The van der Waals surface area contributed by atoms with Crippen LogP contribution in [0.5, 0.6) is 11.5 Å². The quantitative estimate of drug-likeness (QED) is 0.232. The number of hydrogen-bond acceptors (Lipinski definition) is 5. The molecule has 0 amide bonds. The molecule has 1 saturated carbocycles. The van der Waals surface area contributed by atoms with Gasteiger partial charge in [-0.2, -0.15) is 0 Å². The van der Waals surface area contributed by atoms with E-state index in [1.807, 2.05) is 48.7 Å². The van der Waals surface area contributed by atoms with Crippen molar-refractivity contribution in [2.75, 3.05) is 37.6 Å². The van der Waals surface area contributed by atoms with Crippen LogP contribution in [0.2, 0.25) is 5.02 Å². The number of nitrogens with one attached hydrogen (secondary N) is 1. The molecule has 0 atom stereocenters. The lowest BCUT2D eigenvalue weighted by atomic mass is 9.59. The summed E-state index contributed by atoms with van der Waals surface area (Å²) in [4.78, 5) is 24.3. The third kappa shape index (κ3) is 5.39. The van der Waals surface area contributed by atoms with Crippen molar-refractivity contribution < 1.29 is 9.53 Å². The average molecular weight is 567 g/mol. The summed E-state index contributed by atoms with van der Waals surface area (Å²) < 4.78 is 6.16. The first-order valence-corrected chi connectivity index (χ1v) is 15.1. The summed E-state index contributed by atoms with van der Waals surface area (Å²) in [6.07, 6.45) is 12.3. The summed E-state index contributed by atoms with van der Waals surface area (Å²) in [6.45, 7) is 4.91. The molecule has 2 fully saturated rings. The molecule has 2 aromatic heterocycles. The van der Waals surface area contributed by atoms with Gasteiger partial charge in [0.15, 0.2) is 6.29 Å². The number of allylic oxidation sites excluding steroid dienone is 1. The summed E-state index contributed by atoms with van der Waals surface area (Å²) in [5, 5.41) is 1.77. The van der Waals surface area contributed by atoms with Gasteiger partial charge in [0.2, 0.25) is 0 Å². The van der Waals surface area contributed by atoms with Crippen LogP contribution in [-0.4, -0.2) is 53.9 Å². The number of anilines is 1. The molecule has 6 nitrogen and oxygen atoms in total. The molecular formula is C34H35ClN4O2. The second-order valence-corrected chi connectivity index (χ2v) is 12.3. The molecule has 210 valence electrons. The zero-order chi connectivity index (χ0) is 27.8. The van der Waals surface area contributed by atoms with Crippen LogP contribution in [0.25, 0.3) is 16.6 Å². The molecule has 2 aromatic carbocycles. The van der Waals surface area contributed by atoms with E-state index in [-0.39, 0.29) is 0 Å². The van der Waals surface area contributed by atoms with Gasteiger partial charge in [0, 0.05) is 61.1 Å². The van der Waals surface area contributed by atoms with Crippen molar-refractivity contribution in [3.63, 3.8) is 0 Å². The number of aromatic amines is 1. The van der Waals surface area contributed by atoms with E-state index < -0.39 is 0 Å². The van der Waals surface area contributed by atoms with Gasteiger partial charge >= 0.3 is 0 Å². The Balaban J connectivity index is 1.05. The van der Waals surface area contributed by atoms with Gasteiger partial charge in [-0.3, -0.25) is 9.69 Å². The van der Waals surface area contributed by atoms with Gasteiger partial charge < -0.3 is 14.6 Å². The number of fused-ring (bicyclic) bond motifs is 1. The fourth-order valence-corrected chi connectivity index (χ4v) is 6.96. The van der Waals surface area contributed by atoms with Crippen molar-refractivity contribution >= 4 is 40.2 Å². The maximum atomic E-state index is 11.8. The smallest absolute Gasteiger partial charge is 0.153 e. The maximum Gasteiger partial charge on any atom is 0.153 e. The minimum Gasteiger partial charge on any atom is -0.455 e. The first kappa shape index (κ1) is 26.3. The highest BCUT2D eigenvalue weighted by atomic mass is 35.5. The van der Waals surface area contributed by atoms with Gasteiger partial charge in [-0.15, -0.1) is 0 Å². The zero-order valence-electron chi connectivity index (χ0n) is 23.2. The molecule has 1 saturated heterocycles. The van der Waals surface area contributed by atoms with E-state index in [9.17, 15) is 4.79 Å². The molecule has 0 unspecified atom stereocenters. The lowest BCUT2D eigenvalue weighted by molar-refractivity contribution is 0.112. The number of ether oxygens (including phenoxy) is 1. The molecule has 3 aliphatic rings. The molecule has 3 heterocycles. The Morgan fingerprint density at radius 3 is 2.59 bits per heavy atom. The lowest BCUT2D eigenvalue weighted by Crippen LogP contribution is -2.47. The highest BCUT2D eigenvalue weighted by molar-refractivity contribution is 6.30.